The fourth-order valence-corrected chi connectivity index (χ4v) is 3.23. The highest BCUT2D eigenvalue weighted by atomic mass is 35.5. The Hall–Kier alpha value is -2.65. The zero-order valence-corrected chi connectivity index (χ0v) is 14.1. The average Bonchev–Trinajstić information content (AvgIpc) is 2.58. The van der Waals surface area contributed by atoms with Crippen LogP contribution in [-0.2, 0) is 7.05 Å². The van der Waals surface area contributed by atoms with Gasteiger partial charge >= 0.3 is 0 Å². The lowest BCUT2D eigenvalue weighted by Gasteiger charge is -2.11. The molecule has 0 atom stereocenters. The topological polar surface area (TPSA) is 34.9 Å². The first-order chi connectivity index (χ1) is 11.5. The van der Waals surface area contributed by atoms with E-state index >= 15 is 0 Å². The number of nitrogens with zero attached hydrogens (tertiary/aromatic N) is 2. The molecule has 3 nitrogen and oxygen atoms in total. The number of hydrogen-bond acceptors (Lipinski definition) is 2. The molecule has 4 aromatic rings. The summed E-state index contributed by atoms with van der Waals surface area (Å²) in [5, 5.41) is 2.80. The summed E-state index contributed by atoms with van der Waals surface area (Å²) in [5.41, 5.74) is 4.89. The molecule has 0 radical (unpaired) electrons. The molecule has 4 rings (SSSR count). The maximum absolute atomic E-state index is 11.8. The van der Waals surface area contributed by atoms with Gasteiger partial charge < -0.3 is 4.57 Å². The lowest BCUT2D eigenvalue weighted by molar-refractivity contribution is 0.907. The van der Waals surface area contributed by atoms with Crippen LogP contribution in [0.4, 0.5) is 0 Å². The zero-order valence-electron chi connectivity index (χ0n) is 13.4. The van der Waals surface area contributed by atoms with Crippen LogP contribution in [0.3, 0.4) is 0 Å². The van der Waals surface area contributed by atoms with Gasteiger partial charge in [0.05, 0.1) is 16.7 Å². The molecule has 0 bridgehead atoms. The average molecular weight is 335 g/mol. The summed E-state index contributed by atoms with van der Waals surface area (Å²) in [7, 11) is 1.79. The molecule has 2 aromatic carbocycles. The molecule has 118 valence electrons. The lowest BCUT2D eigenvalue weighted by atomic mass is 10.0. The Morgan fingerprint density at radius 2 is 1.71 bits per heavy atom. The number of halogens is 1. The van der Waals surface area contributed by atoms with Crippen molar-refractivity contribution in [2.24, 2.45) is 7.05 Å². The van der Waals surface area contributed by atoms with Gasteiger partial charge in [-0.3, -0.25) is 4.79 Å². The number of aromatic nitrogens is 2. The van der Waals surface area contributed by atoms with Crippen molar-refractivity contribution in [3.8, 4) is 11.3 Å². The van der Waals surface area contributed by atoms with Crippen molar-refractivity contribution in [1.29, 1.82) is 0 Å². The first kappa shape index (κ1) is 14.9. The van der Waals surface area contributed by atoms with Crippen molar-refractivity contribution in [2.75, 3.05) is 0 Å². The Balaban J connectivity index is 2.03. The lowest BCUT2D eigenvalue weighted by Crippen LogP contribution is -2.15. The Morgan fingerprint density at radius 3 is 2.46 bits per heavy atom. The monoisotopic (exact) mass is 334 g/mol. The summed E-state index contributed by atoms with van der Waals surface area (Å²) in [6, 6.07) is 17.2. The molecule has 0 aliphatic carbocycles. The second kappa shape index (κ2) is 5.46. The van der Waals surface area contributed by atoms with E-state index in [9.17, 15) is 4.79 Å². The van der Waals surface area contributed by atoms with E-state index < -0.39 is 0 Å². The van der Waals surface area contributed by atoms with E-state index in [1.807, 2.05) is 42.5 Å². The van der Waals surface area contributed by atoms with Crippen LogP contribution >= 0.6 is 11.6 Å². The van der Waals surface area contributed by atoms with Crippen LogP contribution in [0.2, 0.25) is 5.02 Å². The molecule has 24 heavy (non-hydrogen) atoms. The van der Waals surface area contributed by atoms with E-state index in [1.54, 1.807) is 17.7 Å². The second-order valence-electron chi connectivity index (χ2n) is 5.96. The highest BCUT2D eigenvalue weighted by molar-refractivity contribution is 6.30. The Bertz CT molecular complexity index is 1140. The summed E-state index contributed by atoms with van der Waals surface area (Å²) in [6.07, 6.45) is 0. The number of benzene rings is 2. The molecule has 0 spiro atoms. The molecule has 0 aliphatic rings. The smallest absolute Gasteiger partial charge is 0.250 e. The van der Waals surface area contributed by atoms with E-state index in [2.05, 4.69) is 13.0 Å². The van der Waals surface area contributed by atoms with Gasteiger partial charge in [-0.25, -0.2) is 4.98 Å². The standard InChI is InChI=1S/C20H15ClN2O/c1-12-11-16-15-7-10-19(24)23(2)18(15)9-8-17(16)22-20(12)13-3-5-14(21)6-4-13/h3-11H,1-2H3. The van der Waals surface area contributed by atoms with Crippen molar-refractivity contribution in [2.45, 2.75) is 6.92 Å². The van der Waals surface area contributed by atoms with Crippen molar-refractivity contribution >= 4 is 33.4 Å². The Labute approximate surface area is 144 Å². The summed E-state index contributed by atoms with van der Waals surface area (Å²) >= 11 is 5.98. The molecule has 0 amide bonds. The Morgan fingerprint density at radius 1 is 0.958 bits per heavy atom. The van der Waals surface area contributed by atoms with Crippen LogP contribution in [0.25, 0.3) is 33.1 Å². The summed E-state index contributed by atoms with van der Waals surface area (Å²) in [6.45, 7) is 2.05. The van der Waals surface area contributed by atoms with Gasteiger partial charge in [0, 0.05) is 34.5 Å². The van der Waals surface area contributed by atoms with Gasteiger partial charge in [-0.15, -0.1) is 0 Å². The van der Waals surface area contributed by atoms with E-state index in [0.717, 1.165) is 38.6 Å². The number of fused-ring (bicyclic) bond motifs is 3. The van der Waals surface area contributed by atoms with E-state index in [1.165, 1.54) is 0 Å². The normalized spacial score (nSPS) is 11.3. The number of hydrogen-bond donors (Lipinski definition) is 0. The highest BCUT2D eigenvalue weighted by Gasteiger charge is 2.10. The number of pyridine rings is 2. The van der Waals surface area contributed by atoms with Gasteiger partial charge in [0.1, 0.15) is 0 Å². The summed E-state index contributed by atoms with van der Waals surface area (Å²) in [4.78, 5) is 16.7. The molecule has 0 N–H and O–H groups in total. The fraction of sp³-hybridized carbons (Fsp3) is 0.100. The SMILES string of the molecule is Cc1cc2c(ccc3c2ccc(=O)n3C)nc1-c1ccc(Cl)cc1. The minimum absolute atomic E-state index is 0.00989. The summed E-state index contributed by atoms with van der Waals surface area (Å²) in [5.74, 6) is 0. The van der Waals surface area contributed by atoms with Crippen LogP contribution in [0.1, 0.15) is 5.56 Å². The van der Waals surface area contributed by atoms with Gasteiger partial charge in [-0.2, -0.15) is 0 Å². The van der Waals surface area contributed by atoms with Gasteiger partial charge in [0.2, 0.25) is 0 Å². The third kappa shape index (κ3) is 2.29. The molecule has 0 fully saturated rings. The quantitative estimate of drug-likeness (QED) is 0.472. The van der Waals surface area contributed by atoms with E-state index in [4.69, 9.17) is 16.6 Å². The van der Waals surface area contributed by atoms with Crippen molar-refractivity contribution in [1.82, 2.24) is 9.55 Å². The first-order valence-electron chi connectivity index (χ1n) is 7.70. The van der Waals surface area contributed by atoms with E-state index in [-0.39, 0.29) is 5.56 Å². The fourth-order valence-electron chi connectivity index (χ4n) is 3.11. The van der Waals surface area contributed by atoms with Gasteiger partial charge in [0.25, 0.3) is 5.56 Å². The molecule has 0 saturated heterocycles. The number of aryl methyl sites for hydroxylation is 2. The third-order valence-corrected chi connectivity index (χ3v) is 4.66. The van der Waals surface area contributed by atoms with Crippen LogP contribution in [0.5, 0.6) is 0 Å². The molecule has 2 aromatic heterocycles. The van der Waals surface area contributed by atoms with Gasteiger partial charge in [-0.05, 0) is 48.9 Å². The van der Waals surface area contributed by atoms with Crippen LogP contribution < -0.4 is 5.56 Å². The predicted molar refractivity (Wildman–Crippen MR) is 99.7 cm³/mol. The van der Waals surface area contributed by atoms with Gasteiger partial charge in [-0.1, -0.05) is 23.7 Å². The highest BCUT2D eigenvalue weighted by Crippen LogP contribution is 2.29. The molecule has 4 heteroatoms. The third-order valence-electron chi connectivity index (χ3n) is 4.41. The maximum atomic E-state index is 11.8. The Kier molecular flexibility index (Phi) is 3.39. The van der Waals surface area contributed by atoms with Crippen LogP contribution in [0.15, 0.2) is 59.4 Å². The molecule has 0 aliphatic heterocycles. The van der Waals surface area contributed by atoms with E-state index in [0.29, 0.717) is 5.02 Å². The second-order valence-corrected chi connectivity index (χ2v) is 6.39. The van der Waals surface area contributed by atoms with Crippen LogP contribution in [-0.4, -0.2) is 9.55 Å². The predicted octanol–water partition coefficient (Wildman–Crippen LogP) is 4.72. The first-order valence-corrected chi connectivity index (χ1v) is 8.08. The summed E-state index contributed by atoms with van der Waals surface area (Å²) < 4.78 is 1.66. The zero-order chi connectivity index (χ0) is 16.8. The van der Waals surface area contributed by atoms with Crippen molar-refractivity contribution in [3.63, 3.8) is 0 Å². The van der Waals surface area contributed by atoms with Crippen molar-refractivity contribution < 1.29 is 0 Å². The molecular weight excluding hydrogens is 320 g/mol. The molecular formula is C20H15ClN2O. The molecule has 0 unspecified atom stereocenters. The van der Waals surface area contributed by atoms with Crippen LogP contribution in [0, 0.1) is 6.92 Å². The minimum atomic E-state index is -0.00989. The largest absolute Gasteiger partial charge is 0.311 e. The number of rotatable bonds is 1. The van der Waals surface area contributed by atoms with Gasteiger partial charge in [0.15, 0.2) is 0 Å². The maximum Gasteiger partial charge on any atom is 0.250 e. The minimum Gasteiger partial charge on any atom is -0.311 e. The molecule has 0 saturated carbocycles. The molecule has 2 heterocycles. The van der Waals surface area contributed by atoms with Crippen molar-refractivity contribution in [3.05, 3.63) is 75.5 Å².